The van der Waals surface area contributed by atoms with Gasteiger partial charge < -0.3 is 5.21 Å². The molecule has 0 aliphatic carbocycles. The van der Waals surface area contributed by atoms with E-state index >= 15 is 0 Å². The lowest BCUT2D eigenvalue weighted by Gasteiger charge is -2.06. The maximum absolute atomic E-state index is 8.22. The highest BCUT2D eigenvalue weighted by Gasteiger charge is 2.08. The van der Waals surface area contributed by atoms with Crippen molar-refractivity contribution < 1.29 is 5.21 Å². The van der Waals surface area contributed by atoms with Crippen LogP contribution in [-0.4, -0.2) is 10.4 Å². The van der Waals surface area contributed by atoms with E-state index in [0.29, 0.717) is 5.17 Å². The van der Waals surface area contributed by atoms with Gasteiger partial charge in [0.05, 0.1) is 0 Å². The molecule has 0 heterocycles. The van der Waals surface area contributed by atoms with E-state index in [9.17, 15) is 0 Å². The van der Waals surface area contributed by atoms with Gasteiger partial charge in [-0.15, -0.1) is 0 Å². The Balaban J connectivity index is 3.79. The van der Waals surface area contributed by atoms with E-state index in [1.54, 1.807) is 0 Å². The van der Waals surface area contributed by atoms with Gasteiger partial charge in [0, 0.05) is 5.92 Å². The minimum atomic E-state index is 0.233. The predicted molar refractivity (Wildman–Crippen MR) is 39.1 cm³/mol. The van der Waals surface area contributed by atoms with Gasteiger partial charge in [-0.05, 0) is 12.8 Å². The highest BCUT2D eigenvalue weighted by Crippen LogP contribution is 2.11. The van der Waals surface area contributed by atoms with Crippen molar-refractivity contribution >= 4 is 16.8 Å². The Labute approximate surface area is 60.5 Å². The summed E-state index contributed by atoms with van der Waals surface area (Å²) in [5.41, 5.74) is 0. The summed E-state index contributed by atoms with van der Waals surface area (Å²) in [6.45, 7) is 4.03. The maximum Gasteiger partial charge on any atom is 0.148 e. The van der Waals surface area contributed by atoms with Crippen LogP contribution < -0.4 is 0 Å². The summed E-state index contributed by atoms with van der Waals surface area (Å²) >= 11 is 5.53. The van der Waals surface area contributed by atoms with Crippen molar-refractivity contribution in [3.8, 4) is 0 Å². The van der Waals surface area contributed by atoms with Gasteiger partial charge in [0.25, 0.3) is 0 Å². The highest BCUT2D eigenvalue weighted by atomic mass is 35.5. The topological polar surface area (TPSA) is 32.6 Å². The molecule has 0 bridgehead atoms. The molecule has 0 spiro atoms. The van der Waals surface area contributed by atoms with E-state index < -0.39 is 0 Å². The van der Waals surface area contributed by atoms with Gasteiger partial charge in [0.15, 0.2) is 0 Å². The second kappa shape index (κ2) is 4.62. The number of hydrogen-bond acceptors (Lipinski definition) is 2. The third kappa shape index (κ3) is 2.70. The summed E-state index contributed by atoms with van der Waals surface area (Å²) in [5.74, 6) is 0.233. The Kier molecular flexibility index (Phi) is 4.50. The first-order chi connectivity index (χ1) is 4.26. The van der Waals surface area contributed by atoms with Crippen LogP contribution >= 0.6 is 11.6 Å². The molecule has 0 aromatic carbocycles. The average Bonchev–Trinajstić information content (AvgIpc) is 1.90. The molecule has 0 fully saturated rings. The number of oxime groups is 1. The van der Waals surface area contributed by atoms with Gasteiger partial charge in [-0.2, -0.15) is 0 Å². The Morgan fingerprint density at radius 3 is 2.11 bits per heavy atom. The molecular formula is C6H12ClNO. The van der Waals surface area contributed by atoms with Gasteiger partial charge >= 0.3 is 0 Å². The van der Waals surface area contributed by atoms with Crippen LogP contribution in [0.25, 0.3) is 0 Å². The average molecular weight is 150 g/mol. The number of hydrogen-bond donors (Lipinski definition) is 1. The second-order valence-corrected chi connectivity index (χ2v) is 2.32. The van der Waals surface area contributed by atoms with Crippen LogP contribution in [0.2, 0.25) is 0 Å². The lowest BCUT2D eigenvalue weighted by molar-refractivity contribution is 0.316. The molecule has 0 amide bonds. The fourth-order valence-electron chi connectivity index (χ4n) is 0.707. The molecule has 0 aromatic rings. The molecule has 0 saturated heterocycles. The van der Waals surface area contributed by atoms with Gasteiger partial charge in [-0.3, -0.25) is 0 Å². The quantitative estimate of drug-likeness (QED) is 0.373. The molecule has 0 unspecified atom stereocenters. The number of rotatable bonds is 3. The van der Waals surface area contributed by atoms with E-state index in [-0.39, 0.29) is 5.92 Å². The standard InChI is InChI=1S/C6H12ClNO/c1-3-5(4-2)6(7)8-9/h5,9H,3-4H2,1-2H3. The SMILES string of the molecule is CCC(CC)C(Cl)=NO. The maximum atomic E-state index is 8.22. The summed E-state index contributed by atoms with van der Waals surface area (Å²) in [4.78, 5) is 0. The minimum Gasteiger partial charge on any atom is -0.410 e. The van der Waals surface area contributed by atoms with Crippen LogP contribution in [0.15, 0.2) is 5.16 Å². The number of nitrogens with zero attached hydrogens (tertiary/aromatic N) is 1. The minimum absolute atomic E-state index is 0.233. The lowest BCUT2D eigenvalue weighted by atomic mass is 10.1. The molecule has 0 saturated carbocycles. The summed E-state index contributed by atoms with van der Waals surface area (Å²) in [6, 6.07) is 0. The molecule has 3 heteroatoms. The molecule has 9 heavy (non-hydrogen) atoms. The first-order valence-electron chi connectivity index (χ1n) is 3.13. The van der Waals surface area contributed by atoms with Gasteiger partial charge in [0.2, 0.25) is 0 Å². The van der Waals surface area contributed by atoms with Crippen molar-refractivity contribution in [2.75, 3.05) is 0 Å². The smallest absolute Gasteiger partial charge is 0.148 e. The highest BCUT2D eigenvalue weighted by molar-refractivity contribution is 6.65. The van der Waals surface area contributed by atoms with Crippen molar-refractivity contribution in [1.82, 2.24) is 0 Å². The van der Waals surface area contributed by atoms with Crippen molar-refractivity contribution in [3.05, 3.63) is 0 Å². The fraction of sp³-hybridized carbons (Fsp3) is 0.833. The molecule has 0 aliphatic heterocycles. The van der Waals surface area contributed by atoms with Crippen LogP contribution in [0.1, 0.15) is 26.7 Å². The monoisotopic (exact) mass is 149 g/mol. The van der Waals surface area contributed by atoms with Crippen LogP contribution in [0.4, 0.5) is 0 Å². The van der Waals surface area contributed by atoms with Crippen LogP contribution in [0.3, 0.4) is 0 Å². The molecule has 0 aromatic heterocycles. The molecule has 0 aliphatic rings. The molecular weight excluding hydrogens is 138 g/mol. The van der Waals surface area contributed by atoms with Crippen LogP contribution in [-0.2, 0) is 0 Å². The normalized spacial score (nSPS) is 12.7. The van der Waals surface area contributed by atoms with Gasteiger partial charge in [0.1, 0.15) is 5.17 Å². The Hall–Kier alpha value is -0.240. The summed E-state index contributed by atoms with van der Waals surface area (Å²) < 4.78 is 0. The zero-order valence-corrected chi connectivity index (χ0v) is 6.52. The fourth-order valence-corrected chi connectivity index (χ4v) is 1.02. The summed E-state index contributed by atoms with van der Waals surface area (Å²) in [7, 11) is 0. The number of halogens is 1. The van der Waals surface area contributed by atoms with Gasteiger partial charge in [-0.25, -0.2) is 0 Å². The van der Waals surface area contributed by atoms with Crippen LogP contribution in [0.5, 0.6) is 0 Å². The van der Waals surface area contributed by atoms with E-state index in [4.69, 9.17) is 16.8 Å². The summed E-state index contributed by atoms with van der Waals surface area (Å²) in [5, 5.41) is 11.5. The first-order valence-corrected chi connectivity index (χ1v) is 3.51. The second-order valence-electron chi connectivity index (χ2n) is 1.94. The Bertz CT molecular complexity index is 99.2. The van der Waals surface area contributed by atoms with E-state index in [2.05, 4.69) is 5.16 Å². The molecule has 54 valence electrons. The van der Waals surface area contributed by atoms with E-state index in [1.807, 2.05) is 13.8 Å². The molecule has 0 rings (SSSR count). The molecule has 0 radical (unpaired) electrons. The third-order valence-electron chi connectivity index (χ3n) is 1.42. The lowest BCUT2D eigenvalue weighted by Crippen LogP contribution is -2.05. The zero-order chi connectivity index (χ0) is 7.28. The van der Waals surface area contributed by atoms with Crippen molar-refractivity contribution in [1.29, 1.82) is 0 Å². The Morgan fingerprint density at radius 2 is 2.00 bits per heavy atom. The van der Waals surface area contributed by atoms with Gasteiger partial charge in [-0.1, -0.05) is 30.6 Å². The third-order valence-corrected chi connectivity index (χ3v) is 1.80. The van der Waals surface area contributed by atoms with Crippen molar-refractivity contribution in [2.24, 2.45) is 11.1 Å². The zero-order valence-electron chi connectivity index (χ0n) is 5.76. The summed E-state index contributed by atoms with van der Waals surface area (Å²) in [6.07, 6.45) is 1.86. The first kappa shape index (κ1) is 8.76. The largest absolute Gasteiger partial charge is 0.410 e. The van der Waals surface area contributed by atoms with E-state index in [0.717, 1.165) is 12.8 Å². The van der Waals surface area contributed by atoms with Crippen molar-refractivity contribution in [2.45, 2.75) is 26.7 Å². The van der Waals surface area contributed by atoms with E-state index in [1.165, 1.54) is 0 Å². The van der Waals surface area contributed by atoms with Crippen molar-refractivity contribution in [3.63, 3.8) is 0 Å². The Morgan fingerprint density at radius 1 is 1.56 bits per heavy atom. The molecule has 2 nitrogen and oxygen atoms in total. The molecule has 0 atom stereocenters. The van der Waals surface area contributed by atoms with Crippen LogP contribution in [0, 0.1) is 5.92 Å². The predicted octanol–water partition coefficient (Wildman–Crippen LogP) is 2.45. The molecule has 1 N–H and O–H groups in total.